The summed E-state index contributed by atoms with van der Waals surface area (Å²) in [4.78, 5) is 44.9. The van der Waals surface area contributed by atoms with Crippen LogP contribution in [0.1, 0.15) is 31.3 Å². The van der Waals surface area contributed by atoms with E-state index in [1.165, 1.54) is 6.26 Å². The first kappa shape index (κ1) is 22.3. The van der Waals surface area contributed by atoms with Crippen molar-refractivity contribution in [1.29, 1.82) is 0 Å². The molecule has 2 aliphatic heterocycles. The molecule has 2 fully saturated rings. The molecular formula is C21H33N5O4. The molecule has 30 heavy (non-hydrogen) atoms. The number of amides is 3. The molecule has 3 amide bonds. The molecule has 0 radical (unpaired) electrons. The predicted molar refractivity (Wildman–Crippen MR) is 112 cm³/mol. The zero-order valence-electron chi connectivity index (χ0n) is 18.2. The van der Waals surface area contributed by atoms with E-state index >= 15 is 0 Å². The molecule has 1 aromatic rings. The first-order chi connectivity index (χ1) is 14.2. The summed E-state index contributed by atoms with van der Waals surface area (Å²) in [6.07, 6.45) is 1.49. The Kier molecular flexibility index (Phi) is 7.14. The van der Waals surface area contributed by atoms with Crippen LogP contribution in [0.2, 0.25) is 0 Å². The van der Waals surface area contributed by atoms with Crippen LogP contribution < -0.4 is 5.32 Å². The van der Waals surface area contributed by atoms with E-state index < -0.39 is 0 Å². The summed E-state index contributed by atoms with van der Waals surface area (Å²) in [5.41, 5.74) is -0.224. The summed E-state index contributed by atoms with van der Waals surface area (Å²) >= 11 is 0. The van der Waals surface area contributed by atoms with Crippen LogP contribution in [0.4, 0.5) is 0 Å². The fourth-order valence-electron chi connectivity index (χ4n) is 3.77. The first-order valence-corrected chi connectivity index (χ1v) is 10.6. The van der Waals surface area contributed by atoms with E-state index in [9.17, 15) is 14.4 Å². The van der Waals surface area contributed by atoms with Crippen molar-refractivity contribution >= 4 is 17.7 Å². The molecule has 3 rings (SSSR count). The average Bonchev–Trinajstić information content (AvgIpc) is 3.22. The maximum absolute atomic E-state index is 12.7. The van der Waals surface area contributed by atoms with Gasteiger partial charge in [-0.15, -0.1) is 0 Å². The number of rotatable bonds is 5. The molecule has 0 saturated carbocycles. The highest BCUT2D eigenvalue weighted by Gasteiger charge is 2.28. The lowest BCUT2D eigenvalue weighted by molar-refractivity contribution is -0.134. The van der Waals surface area contributed by atoms with E-state index in [-0.39, 0.29) is 23.3 Å². The normalized spacial score (nSPS) is 19.0. The van der Waals surface area contributed by atoms with Crippen molar-refractivity contribution in [3.63, 3.8) is 0 Å². The molecule has 2 aliphatic rings. The standard InChI is InChI=1S/C21H33N5O4/c1-21(2,3)22-18(27)15-23-6-8-24(9-7-23)16-19(28)25-10-12-26(13-11-25)20(29)17-5-4-14-30-17/h4-5,14H,6-13,15-16H2,1-3H3,(H,22,27). The van der Waals surface area contributed by atoms with Gasteiger partial charge in [-0.1, -0.05) is 0 Å². The molecule has 0 aliphatic carbocycles. The lowest BCUT2D eigenvalue weighted by Crippen LogP contribution is -2.55. The highest BCUT2D eigenvalue weighted by Crippen LogP contribution is 2.10. The van der Waals surface area contributed by atoms with Crippen LogP contribution in [-0.2, 0) is 9.59 Å². The molecule has 9 heteroatoms. The minimum atomic E-state index is -0.224. The van der Waals surface area contributed by atoms with Gasteiger partial charge in [0.25, 0.3) is 5.91 Å². The topological polar surface area (TPSA) is 89.3 Å². The summed E-state index contributed by atoms with van der Waals surface area (Å²) in [6, 6.07) is 3.36. The van der Waals surface area contributed by atoms with Gasteiger partial charge in [-0.3, -0.25) is 24.2 Å². The van der Waals surface area contributed by atoms with E-state index in [2.05, 4.69) is 15.1 Å². The number of furan rings is 1. The second-order valence-electron chi connectivity index (χ2n) is 9.00. The molecule has 166 valence electrons. The van der Waals surface area contributed by atoms with Crippen LogP contribution in [0, 0.1) is 0 Å². The molecule has 0 aromatic carbocycles. The van der Waals surface area contributed by atoms with E-state index in [0.29, 0.717) is 45.0 Å². The van der Waals surface area contributed by atoms with E-state index in [4.69, 9.17) is 4.42 Å². The van der Waals surface area contributed by atoms with Gasteiger partial charge < -0.3 is 19.5 Å². The minimum absolute atomic E-state index is 0.0361. The average molecular weight is 420 g/mol. The van der Waals surface area contributed by atoms with Crippen LogP contribution in [0.3, 0.4) is 0 Å². The molecule has 0 atom stereocenters. The fraction of sp³-hybridized carbons (Fsp3) is 0.667. The van der Waals surface area contributed by atoms with Crippen LogP contribution >= 0.6 is 0 Å². The largest absolute Gasteiger partial charge is 0.459 e. The number of piperazine rings is 2. The Bertz CT molecular complexity index is 727. The lowest BCUT2D eigenvalue weighted by Gasteiger charge is -2.37. The summed E-state index contributed by atoms with van der Waals surface area (Å²) < 4.78 is 5.17. The summed E-state index contributed by atoms with van der Waals surface area (Å²) in [6.45, 7) is 11.9. The van der Waals surface area contributed by atoms with Crippen molar-refractivity contribution < 1.29 is 18.8 Å². The van der Waals surface area contributed by atoms with E-state index in [1.54, 1.807) is 17.0 Å². The van der Waals surface area contributed by atoms with Crippen LogP contribution in [0.5, 0.6) is 0 Å². The summed E-state index contributed by atoms with van der Waals surface area (Å²) in [5.74, 6) is 0.343. The maximum atomic E-state index is 12.7. The second kappa shape index (κ2) is 9.61. The lowest BCUT2D eigenvalue weighted by atomic mass is 10.1. The fourth-order valence-corrected chi connectivity index (χ4v) is 3.77. The molecule has 3 heterocycles. The highest BCUT2D eigenvalue weighted by atomic mass is 16.3. The predicted octanol–water partition coefficient (Wildman–Crippen LogP) is 0.0963. The minimum Gasteiger partial charge on any atom is -0.459 e. The molecule has 0 unspecified atom stereocenters. The monoisotopic (exact) mass is 419 g/mol. The van der Waals surface area contributed by atoms with Crippen LogP contribution in [0.25, 0.3) is 0 Å². The van der Waals surface area contributed by atoms with Gasteiger partial charge in [0.2, 0.25) is 11.8 Å². The van der Waals surface area contributed by atoms with Crippen molar-refractivity contribution in [3.8, 4) is 0 Å². The second-order valence-corrected chi connectivity index (χ2v) is 9.00. The molecular weight excluding hydrogens is 386 g/mol. The zero-order valence-corrected chi connectivity index (χ0v) is 18.2. The number of hydrogen-bond acceptors (Lipinski definition) is 6. The van der Waals surface area contributed by atoms with Gasteiger partial charge in [-0.2, -0.15) is 0 Å². The van der Waals surface area contributed by atoms with Crippen molar-refractivity contribution in [3.05, 3.63) is 24.2 Å². The van der Waals surface area contributed by atoms with Gasteiger partial charge in [0.05, 0.1) is 19.4 Å². The van der Waals surface area contributed by atoms with Gasteiger partial charge in [-0.05, 0) is 32.9 Å². The first-order valence-electron chi connectivity index (χ1n) is 10.6. The Hall–Kier alpha value is -2.39. The highest BCUT2D eigenvalue weighted by molar-refractivity contribution is 5.91. The van der Waals surface area contributed by atoms with Gasteiger partial charge in [0.1, 0.15) is 0 Å². The van der Waals surface area contributed by atoms with Crippen molar-refractivity contribution in [2.75, 3.05) is 65.4 Å². The molecule has 0 bridgehead atoms. The number of hydrogen-bond donors (Lipinski definition) is 1. The van der Waals surface area contributed by atoms with E-state index in [1.807, 2.05) is 25.7 Å². The number of carbonyl (C=O) groups is 3. The Morgan fingerprint density at radius 2 is 1.47 bits per heavy atom. The number of nitrogens with zero attached hydrogens (tertiary/aromatic N) is 4. The Balaban J connectivity index is 1.36. The zero-order chi connectivity index (χ0) is 21.7. The molecule has 1 aromatic heterocycles. The van der Waals surface area contributed by atoms with E-state index in [0.717, 1.165) is 26.2 Å². The third kappa shape index (κ3) is 6.30. The summed E-state index contributed by atoms with van der Waals surface area (Å²) in [5, 5.41) is 2.98. The van der Waals surface area contributed by atoms with Crippen molar-refractivity contribution in [2.24, 2.45) is 0 Å². The SMILES string of the molecule is CC(C)(C)NC(=O)CN1CCN(CC(=O)N2CCN(C(=O)c3ccco3)CC2)CC1. The van der Waals surface area contributed by atoms with Crippen molar-refractivity contribution in [1.82, 2.24) is 24.9 Å². The van der Waals surface area contributed by atoms with Crippen LogP contribution in [-0.4, -0.2) is 108 Å². The molecule has 2 saturated heterocycles. The van der Waals surface area contributed by atoms with Gasteiger partial charge in [-0.25, -0.2) is 0 Å². The Morgan fingerprint density at radius 1 is 0.900 bits per heavy atom. The summed E-state index contributed by atoms with van der Waals surface area (Å²) in [7, 11) is 0. The Labute approximate surface area is 177 Å². The van der Waals surface area contributed by atoms with Gasteiger partial charge >= 0.3 is 0 Å². The Morgan fingerprint density at radius 3 is 2.00 bits per heavy atom. The third-order valence-corrected chi connectivity index (χ3v) is 5.36. The number of nitrogens with one attached hydrogen (secondary N) is 1. The van der Waals surface area contributed by atoms with Gasteiger partial charge in [0.15, 0.2) is 5.76 Å². The maximum Gasteiger partial charge on any atom is 0.289 e. The molecule has 9 nitrogen and oxygen atoms in total. The number of carbonyl (C=O) groups excluding carboxylic acids is 3. The third-order valence-electron chi connectivity index (χ3n) is 5.36. The van der Waals surface area contributed by atoms with Crippen molar-refractivity contribution in [2.45, 2.75) is 26.3 Å². The quantitative estimate of drug-likeness (QED) is 0.728. The molecule has 1 N–H and O–H groups in total. The van der Waals surface area contributed by atoms with Crippen LogP contribution in [0.15, 0.2) is 22.8 Å². The molecule has 0 spiro atoms. The smallest absolute Gasteiger partial charge is 0.289 e. The van der Waals surface area contributed by atoms with Gasteiger partial charge in [0, 0.05) is 57.9 Å².